The molecule has 1 unspecified atom stereocenters. The molecule has 0 saturated heterocycles. The Balaban J connectivity index is 3.81. The summed E-state index contributed by atoms with van der Waals surface area (Å²) in [7, 11) is 0. The van der Waals surface area contributed by atoms with Crippen molar-refractivity contribution in [1.29, 1.82) is 0 Å². The van der Waals surface area contributed by atoms with E-state index in [9.17, 15) is 14.7 Å². The third-order valence-electron chi connectivity index (χ3n) is 6.56. The van der Waals surface area contributed by atoms with Crippen LogP contribution in [0.2, 0.25) is 0 Å². The van der Waals surface area contributed by atoms with Crippen molar-refractivity contribution in [3.8, 4) is 0 Å². The predicted octanol–water partition coefficient (Wildman–Crippen LogP) is 10.7. The Hall–Kier alpha value is -3.44. The molecule has 0 aliphatic heterocycles. The van der Waals surface area contributed by atoms with Gasteiger partial charge in [0, 0.05) is 12.8 Å². The molecule has 0 fully saturated rings. The Morgan fingerprint density at radius 3 is 1.28 bits per heavy atom. The van der Waals surface area contributed by atoms with E-state index in [4.69, 9.17) is 9.47 Å². The zero-order valence-corrected chi connectivity index (χ0v) is 28.8. The highest BCUT2D eigenvalue weighted by atomic mass is 16.6. The summed E-state index contributed by atoms with van der Waals surface area (Å²) < 4.78 is 10.5. The molecule has 0 spiro atoms. The van der Waals surface area contributed by atoms with E-state index < -0.39 is 6.10 Å². The average molecular weight is 635 g/mol. The van der Waals surface area contributed by atoms with Crippen molar-refractivity contribution in [2.75, 3.05) is 13.2 Å². The summed E-state index contributed by atoms with van der Waals surface area (Å²) in [6, 6.07) is 0. The Morgan fingerprint density at radius 2 is 0.870 bits per heavy atom. The number of carbonyl (C=O) groups is 2. The van der Waals surface area contributed by atoms with Gasteiger partial charge in [-0.2, -0.15) is 0 Å². The van der Waals surface area contributed by atoms with Crippen LogP contribution in [0.1, 0.15) is 117 Å². The van der Waals surface area contributed by atoms with E-state index in [1.165, 1.54) is 0 Å². The number of rotatable bonds is 29. The summed E-state index contributed by atoms with van der Waals surface area (Å²) >= 11 is 0. The van der Waals surface area contributed by atoms with Gasteiger partial charge >= 0.3 is 11.9 Å². The molecule has 0 aromatic rings. The molecule has 1 N–H and O–H groups in total. The highest BCUT2D eigenvalue weighted by Gasteiger charge is 2.15. The molecule has 5 heteroatoms. The molecule has 0 saturated carbocycles. The highest BCUT2D eigenvalue weighted by Crippen LogP contribution is 2.06. The molecule has 0 aromatic carbocycles. The molecule has 0 rings (SSSR count). The zero-order chi connectivity index (χ0) is 33.6. The topological polar surface area (TPSA) is 72.8 Å². The lowest BCUT2D eigenvalue weighted by molar-refractivity contribution is -0.161. The van der Waals surface area contributed by atoms with Gasteiger partial charge in [-0.05, 0) is 89.9 Å². The van der Waals surface area contributed by atoms with E-state index in [-0.39, 0.29) is 31.6 Å². The van der Waals surface area contributed by atoms with Gasteiger partial charge in [-0.3, -0.25) is 9.59 Å². The standard InChI is InChI=1S/C41H62O5/c1-3-5-7-9-11-13-15-17-19-20-22-24-26-28-30-32-34-36-41(44)46-39(37-42)38-45-40(43)35-33-31-29-27-25-23-21-18-16-14-12-10-8-6-4-2/h5-8,11-14,17-19,21-22,24-25,27-28,30,39,42H,3-4,9-10,15-16,20,23,26,29,31-38H2,1-2H3/b7-5-,8-6-,13-11-,14-12-,19-17-,21-18-,24-22-,27-25-,30-28-. The first-order chi connectivity index (χ1) is 22.6. The SMILES string of the molecule is CC/C=C\C/C=C\C/C=C\C/C=C\C/C=C\CCCC(=O)OC(CO)COC(=O)CCCC/C=C\C/C=C\C/C=C\C/C=C\CC. The molecular weight excluding hydrogens is 572 g/mol. The number of unbranched alkanes of at least 4 members (excludes halogenated alkanes) is 3. The van der Waals surface area contributed by atoms with E-state index >= 15 is 0 Å². The Bertz CT molecular complexity index is 990. The minimum atomic E-state index is -0.825. The second-order valence-electron chi connectivity index (χ2n) is 10.8. The number of aliphatic hydroxyl groups excluding tert-OH is 1. The van der Waals surface area contributed by atoms with Gasteiger partial charge in [0.2, 0.25) is 0 Å². The van der Waals surface area contributed by atoms with Crippen molar-refractivity contribution >= 4 is 11.9 Å². The van der Waals surface area contributed by atoms with Gasteiger partial charge in [0.15, 0.2) is 6.10 Å². The van der Waals surface area contributed by atoms with Crippen molar-refractivity contribution in [2.24, 2.45) is 0 Å². The van der Waals surface area contributed by atoms with Crippen LogP contribution >= 0.6 is 0 Å². The fraction of sp³-hybridized carbons (Fsp3) is 0.512. The van der Waals surface area contributed by atoms with Gasteiger partial charge in [-0.1, -0.05) is 123 Å². The molecule has 0 radical (unpaired) electrons. The largest absolute Gasteiger partial charge is 0.462 e. The molecule has 256 valence electrons. The van der Waals surface area contributed by atoms with Crippen molar-refractivity contribution in [3.05, 3.63) is 109 Å². The zero-order valence-electron chi connectivity index (χ0n) is 28.8. The lowest BCUT2D eigenvalue weighted by atomic mass is 10.2. The normalized spacial score (nSPS) is 13.5. The van der Waals surface area contributed by atoms with E-state index in [0.717, 1.165) is 83.5 Å². The van der Waals surface area contributed by atoms with Crippen molar-refractivity contribution < 1.29 is 24.2 Å². The number of esters is 2. The third kappa shape index (κ3) is 33.5. The lowest BCUT2D eigenvalue weighted by Gasteiger charge is -2.15. The molecule has 0 aliphatic carbocycles. The molecule has 0 aromatic heterocycles. The maximum atomic E-state index is 12.1. The number of hydrogen-bond donors (Lipinski definition) is 1. The van der Waals surface area contributed by atoms with Crippen LogP contribution < -0.4 is 0 Å². The van der Waals surface area contributed by atoms with Crippen LogP contribution in [0.5, 0.6) is 0 Å². The van der Waals surface area contributed by atoms with Gasteiger partial charge in [0.25, 0.3) is 0 Å². The number of aliphatic hydroxyl groups is 1. The van der Waals surface area contributed by atoms with E-state index in [2.05, 4.69) is 123 Å². The first kappa shape index (κ1) is 42.6. The summed E-state index contributed by atoms with van der Waals surface area (Å²) in [5.41, 5.74) is 0. The monoisotopic (exact) mass is 634 g/mol. The molecule has 0 aliphatic rings. The summed E-state index contributed by atoms with van der Waals surface area (Å²) in [5, 5.41) is 9.51. The maximum Gasteiger partial charge on any atom is 0.306 e. The molecule has 0 heterocycles. The van der Waals surface area contributed by atoms with E-state index in [0.29, 0.717) is 12.8 Å². The molecule has 0 bridgehead atoms. The van der Waals surface area contributed by atoms with Gasteiger partial charge in [0.1, 0.15) is 6.61 Å². The average Bonchev–Trinajstić information content (AvgIpc) is 3.06. The van der Waals surface area contributed by atoms with Crippen LogP contribution in [0, 0.1) is 0 Å². The van der Waals surface area contributed by atoms with Gasteiger partial charge in [-0.15, -0.1) is 0 Å². The Labute approximate surface area is 280 Å². The first-order valence-corrected chi connectivity index (χ1v) is 17.4. The second kappa shape index (κ2) is 36.0. The van der Waals surface area contributed by atoms with Gasteiger partial charge in [-0.25, -0.2) is 0 Å². The smallest absolute Gasteiger partial charge is 0.306 e. The van der Waals surface area contributed by atoms with Crippen LogP contribution in [0.3, 0.4) is 0 Å². The summed E-state index contributed by atoms with van der Waals surface area (Å²) in [4.78, 5) is 24.1. The molecule has 0 amide bonds. The van der Waals surface area contributed by atoms with Gasteiger partial charge < -0.3 is 14.6 Å². The quantitative estimate of drug-likeness (QED) is 0.0503. The second-order valence-corrected chi connectivity index (χ2v) is 10.8. The van der Waals surface area contributed by atoms with E-state index in [1.54, 1.807) is 0 Å². The van der Waals surface area contributed by atoms with E-state index in [1.807, 2.05) is 0 Å². The van der Waals surface area contributed by atoms with Gasteiger partial charge in [0.05, 0.1) is 6.61 Å². The molecule has 1 atom stereocenters. The Morgan fingerprint density at radius 1 is 0.500 bits per heavy atom. The fourth-order valence-corrected chi connectivity index (χ4v) is 3.99. The van der Waals surface area contributed by atoms with Crippen LogP contribution in [-0.2, 0) is 19.1 Å². The van der Waals surface area contributed by atoms with Crippen molar-refractivity contribution in [1.82, 2.24) is 0 Å². The molecule has 46 heavy (non-hydrogen) atoms. The molecular formula is C41H62O5. The maximum absolute atomic E-state index is 12.1. The summed E-state index contributed by atoms with van der Waals surface area (Å²) in [6.45, 7) is 3.79. The molecule has 5 nitrogen and oxygen atoms in total. The third-order valence-corrected chi connectivity index (χ3v) is 6.56. The van der Waals surface area contributed by atoms with Crippen LogP contribution in [-0.4, -0.2) is 36.4 Å². The fourth-order valence-electron chi connectivity index (χ4n) is 3.99. The van der Waals surface area contributed by atoms with Crippen molar-refractivity contribution in [3.63, 3.8) is 0 Å². The summed E-state index contributed by atoms with van der Waals surface area (Å²) in [5.74, 6) is -0.724. The van der Waals surface area contributed by atoms with Crippen LogP contribution in [0.15, 0.2) is 109 Å². The minimum Gasteiger partial charge on any atom is -0.462 e. The first-order valence-electron chi connectivity index (χ1n) is 17.4. The van der Waals surface area contributed by atoms with Crippen LogP contribution in [0.25, 0.3) is 0 Å². The lowest BCUT2D eigenvalue weighted by Crippen LogP contribution is -2.28. The number of ether oxygens (including phenoxy) is 2. The number of carbonyl (C=O) groups excluding carboxylic acids is 2. The Kier molecular flexibility index (Phi) is 33.3. The van der Waals surface area contributed by atoms with Crippen LogP contribution in [0.4, 0.5) is 0 Å². The highest BCUT2D eigenvalue weighted by molar-refractivity contribution is 5.70. The summed E-state index contributed by atoms with van der Waals surface area (Å²) in [6.07, 6.45) is 51.5. The minimum absolute atomic E-state index is 0.118. The number of hydrogen-bond acceptors (Lipinski definition) is 5. The van der Waals surface area contributed by atoms with Crippen molar-refractivity contribution in [2.45, 2.75) is 123 Å². The predicted molar refractivity (Wildman–Crippen MR) is 195 cm³/mol. The number of allylic oxidation sites excluding steroid dienone is 18.